The molecule has 0 saturated heterocycles. The summed E-state index contributed by atoms with van der Waals surface area (Å²) in [6.45, 7) is 2.31. The Bertz CT molecular complexity index is 304. The van der Waals surface area contributed by atoms with Crippen molar-refractivity contribution in [2.24, 2.45) is 0 Å². The minimum atomic E-state index is -0.458. The van der Waals surface area contributed by atoms with Crippen molar-refractivity contribution < 1.29 is 14.6 Å². The average molecular weight is 199 g/mol. The number of halogens is 1. The van der Waals surface area contributed by atoms with Gasteiger partial charge in [-0.3, -0.25) is 0 Å². The predicted octanol–water partition coefficient (Wildman–Crippen LogP) is 1.17. The van der Waals surface area contributed by atoms with Crippen molar-refractivity contribution in [1.82, 2.24) is 5.32 Å². The van der Waals surface area contributed by atoms with Gasteiger partial charge in [-0.25, -0.2) is 4.39 Å². The van der Waals surface area contributed by atoms with Crippen LogP contribution in [0, 0.1) is 5.82 Å². The lowest BCUT2D eigenvalue weighted by atomic mass is 10.1. The molecule has 4 heteroatoms. The van der Waals surface area contributed by atoms with E-state index >= 15 is 0 Å². The van der Waals surface area contributed by atoms with Crippen molar-refractivity contribution in [2.45, 2.75) is 13.0 Å². The summed E-state index contributed by atoms with van der Waals surface area (Å²) in [6, 6.07) is 3.79. The van der Waals surface area contributed by atoms with Gasteiger partial charge in [0.2, 0.25) is 0 Å². The minimum Gasteiger partial charge on any atom is -0.508 e. The number of benzene rings is 1. The van der Waals surface area contributed by atoms with E-state index in [1.54, 1.807) is 0 Å². The topological polar surface area (TPSA) is 52.5 Å². The van der Waals surface area contributed by atoms with Crippen molar-refractivity contribution in [1.29, 1.82) is 0 Å². The molecule has 0 radical (unpaired) electrons. The van der Waals surface area contributed by atoms with E-state index in [1.165, 1.54) is 12.1 Å². The second-order valence-electron chi connectivity index (χ2n) is 3.10. The summed E-state index contributed by atoms with van der Waals surface area (Å²) in [4.78, 5) is 0. The molecule has 3 N–H and O–H groups in total. The monoisotopic (exact) mass is 199 g/mol. The van der Waals surface area contributed by atoms with Crippen LogP contribution in [0.3, 0.4) is 0 Å². The minimum absolute atomic E-state index is 0.0340. The highest BCUT2D eigenvalue weighted by Gasteiger charge is 2.09. The van der Waals surface area contributed by atoms with Gasteiger partial charge in [0.05, 0.1) is 6.61 Å². The smallest absolute Gasteiger partial charge is 0.126 e. The zero-order chi connectivity index (χ0) is 10.6. The van der Waals surface area contributed by atoms with E-state index in [0.29, 0.717) is 12.1 Å². The van der Waals surface area contributed by atoms with Gasteiger partial charge in [0.25, 0.3) is 0 Å². The van der Waals surface area contributed by atoms with Crippen LogP contribution in [0.1, 0.15) is 18.5 Å². The number of rotatable bonds is 4. The van der Waals surface area contributed by atoms with E-state index in [9.17, 15) is 9.50 Å². The molecule has 1 aromatic rings. The Hall–Kier alpha value is -1.13. The van der Waals surface area contributed by atoms with Crippen LogP contribution in [-0.4, -0.2) is 23.4 Å². The van der Waals surface area contributed by atoms with Gasteiger partial charge in [0.1, 0.15) is 11.6 Å². The molecule has 0 amide bonds. The van der Waals surface area contributed by atoms with Crippen LogP contribution < -0.4 is 5.32 Å². The molecular weight excluding hydrogens is 185 g/mol. The van der Waals surface area contributed by atoms with Gasteiger partial charge in [0.15, 0.2) is 0 Å². The highest BCUT2D eigenvalue weighted by Crippen LogP contribution is 2.24. The van der Waals surface area contributed by atoms with Crippen molar-refractivity contribution in [2.75, 3.05) is 13.2 Å². The fraction of sp³-hybridized carbons (Fsp3) is 0.400. The van der Waals surface area contributed by atoms with E-state index in [0.717, 1.165) is 6.07 Å². The Labute approximate surface area is 82.2 Å². The number of hydrogen-bond donors (Lipinski definition) is 3. The van der Waals surface area contributed by atoms with Crippen LogP contribution >= 0.6 is 0 Å². The molecule has 0 aliphatic rings. The molecule has 1 atom stereocenters. The molecule has 3 nitrogen and oxygen atoms in total. The number of aliphatic hydroxyl groups is 1. The summed E-state index contributed by atoms with van der Waals surface area (Å²) in [5, 5.41) is 21.0. The lowest BCUT2D eigenvalue weighted by Crippen LogP contribution is -2.22. The summed E-state index contributed by atoms with van der Waals surface area (Å²) in [7, 11) is 0. The molecule has 0 heterocycles. The summed E-state index contributed by atoms with van der Waals surface area (Å²) in [6.07, 6.45) is 0. The van der Waals surface area contributed by atoms with Gasteiger partial charge in [-0.1, -0.05) is 6.07 Å². The van der Waals surface area contributed by atoms with Gasteiger partial charge >= 0.3 is 0 Å². The maximum atomic E-state index is 12.6. The number of phenolic OH excluding ortho intramolecular Hbond substituents is 1. The third-order valence-corrected chi connectivity index (χ3v) is 2.02. The summed E-state index contributed by atoms with van der Waals surface area (Å²) >= 11 is 0. The molecule has 0 aliphatic heterocycles. The number of nitrogens with one attached hydrogen (secondary N) is 1. The SMILES string of the molecule is C[C@@H](NCCO)c1ccc(F)cc1O. The first-order chi connectivity index (χ1) is 6.65. The largest absolute Gasteiger partial charge is 0.508 e. The van der Waals surface area contributed by atoms with Gasteiger partial charge in [-0.05, 0) is 13.0 Å². The van der Waals surface area contributed by atoms with Crippen molar-refractivity contribution in [3.8, 4) is 5.75 Å². The Morgan fingerprint density at radius 2 is 2.21 bits per heavy atom. The van der Waals surface area contributed by atoms with E-state index in [2.05, 4.69) is 5.32 Å². The molecule has 0 bridgehead atoms. The normalized spacial score (nSPS) is 12.8. The Kier molecular flexibility index (Phi) is 3.85. The van der Waals surface area contributed by atoms with Crippen LogP contribution in [0.2, 0.25) is 0 Å². The summed E-state index contributed by atoms with van der Waals surface area (Å²) < 4.78 is 12.6. The molecule has 1 aromatic carbocycles. The standard InChI is InChI=1S/C10H14FNO2/c1-7(12-4-5-13)9-3-2-8(11)6-10(9)14/h2-3,6-7,12-14H,4-5H2,1H3/t7-/m1/s1. The molecule has 0 aliphatic carbocycles. The van der Waals surface area contributed by atoms with Crippen LogP contribution in [-0.2, 0) is 0 Å². The first-order valence-corrected chi connectivity index (χ1v) is 4.48. The number of aromatic hydroxyl groups is 1. The summed E-state index contributed by atoms with van der Waals surface area (Å²) in [5.41, 5.74) is 0.625. The fourth-order valence-corrected chi connectivity index (χ4v) is 1.27. The van der Waals surface area contributed by atoms with Gasteiger partial charge in [-0.2, -0.15) is 0 Å². The van der Waals surface area contributed by atoms with E-state index in [-0.39, 0.29) is 18.4 Å². The van der Waals surface area contributed by atoms with E-state index < -0.39 is 5.82 Å². The van der Waals surface area contributed by atoms with Crippen molar-refractivity contribution in [3.63, 3.8) is 0 Å². The predicted molar refractivity (Wildman–Crippen MR) is 51.6 cm³/mol. The molecule has 0 saturated carbocycles. The second kappa shape index (κ2) is 4.93. The zero-order valence-electron chi connectivity index (χ0n) is 8.00. The molecule has 14 heavy (non-hydrogen) atoms. The molecule has 0 unspecified atom stereocenters. The Morgan fingerprint density at radius 3 is 2.79 bits per heavy atom. The lowest BCUT2D eigenvalue weighted by molar-refractivity contribution is 0.285. The fourth-order valence-electron chi connectivity index (χ4n) is 1.27. The average Bonchev–Trinajstić information content (AvgIpc) is 2.14. The van der Waals surface area contributed by atoms with Crippen LogP contribution in [0.5, 0.6) is 5.75 Å². The molecule has 0 fully saturated rings. The molecular formula is C10H14FNO2. The van der Waals surface area contributed by atoms with Crippen molar-refractivity contribution >= 4 is 0 Å². The van der Waals surface area contributed by atoms with Crippen LogP contribution in [0.25, 0.3) is 0 Å². The summed E-state index contributed by atoms with van der Waals surface area (Å²) in [5.74, 6) is -0.524. The van der Waals surface area contributed by atoms with Crippen molar-refractivity contribution in [3.05, 3.63) is 29.6 Å². The van der Waals surface area contributed by atoms with Crippen LogP contribution in [0.4, 0.5) is 4.39 Å². The zero-order valence-corrected chi connectivity index (χ0v) is 8.00. The quantitative estimate of drug-likeness (QED) is 0.682. The number of hydrogen-bond acceptors (Lipinski definition) is 3. The van der Waals surface area contributed by atoms with E-state index in [4.69, 9.17) is 5.11 Å². The Balaban J connectivity index is 2.74. The second-order valence-corrected chi connectivity index (χ2v) is 3.10. The molecule has 0 spiro atoms. The Morgan fingerprint density at radius 1 is 1.50 bits per heavy atom. The first-order valence-electron chi connectivity index (χ1n) is 4.48. The number of aliphatic hydroxyl groups excluding tert-OH is 1. The highest BCUT2D eigenvalue weighted by atomic mass is 19.1. The molecule has 0 aromatic heterocycles. The molecule has 1 rings (SSSR count). The first kappa shape index (κ1) is 10.9. The lowest BCUT2D eigenvalue weighted by Gasteiger charge is -2.14. The molecule has 78 valence electrons. The van der Waals surface area contributed by atoms with Gasteiger partial charge < -0.3 is 15.5 Å². The third-order valence-electron chi connectivity index (χ3n) is 2.02. The highest BCUT2D eigenvalue weighted by molar-refractivity contribution is 5.34. The number of phenols is 1. The third kappa shape index (κ3) is 2.68. The maximum Gasteiger partial charge on any atom is 0.126 e. The van der Waals surface area contributed by atoms with E-state index in [1.807, 2.05) is 6.92 Å². The van der Waals surface area contributed by atoms with Gasteiger partial charge in [-0.15, -0.1) is 0 Å². The maximum absolute atomic E-state index is 12.6. The van der Waals surface area contributed by atoms with Crippen LogP contribution in [0.15, 0.2) is 18.2 Å². The van der Waals surface area contributed by atoms with Gasteiger partial charge in [0, 0.05) is 24.2 Å².